The van der Waals surface area contributed by atoms with E-state index in [1.54, 1.807) is 23.7 Å². The van der Waals surface area contributed by atoms with Crippen molar-refractivity contribution in [2.45, 2.75) is 33.4 Å². The molecule has 5 heteroatoms. The van der Waals surface area contributed by atoms with Gasteiger partial charge in [-0.25, -0.2) is 0 Å². The molecule has 1 unspecified atom stereocenters. The van der Waals surface area contributed by atoms with Crippen LogP contribution in [0.5, 0.6) is 0 Å². The number of aromatic nitrogens is 2. The molecule has 1 amide bonds. The second kappa shape index (κ2) is 5.88. The van der Waals surface area contributed by atoms with Gasteiger partial charge in [0.2, 0.25) is 5.91 Å². The Morgan fingerprint density at radius 1 is 1.40 bits per heavy atom. The molecule has 1 heterocycles. The summed E-state index contributed by atoms with van der Waals surface area (Å²) in [5.41, 5.74) is 3.17. The summed E-state index contributed by atoms with van der Waals surface area (Å²) in [6.45, 7) is 5.64. The lowest BCUT2D eigenvalue weighted by atomic mass is 10.1. The topological polar surface area (TPSA) is 67.2 Å². The first-order valence-corrected chi connectivity index (χ1v) is 6.55. The van der Waals surface area contributed by atoms with E-state index in [0.29, 0.717) is 11.3 Å². The van der Waals surface area contributed by atoms with Crippen LogP contribution in [0.1, 0.15) is 30.0 Å². The molecule has 0 aliphatic rings. The van der Waals surface area contributed by atoms with Gasteiger partial charge in [0.15, 0.2) is 0 Å². The van der Waals surface area contributed by atoms with Gasteiger partial charge in [-0.1, -0.05) is 18.2 Å². The number of hydrogen-bond acceptors (Lipinski definition) is 3. The predicted molar refractivity (Wildman–Crippen MR) is 77.4 cm³/mol. The molecule has 2 rings (SSSR count). The molecule has 0 aliphatic heterocycles. The number of para-hydroxylation sites is 1. The number of amides is 1. The average molecular weight is 273 g/mol. The smallest absolute Gasteiger partial charge is 0.246 e. The van der Waals surface area contributed by atoms with Gasteiger partial charge >= 0.3 is 0 Å². The minimum absolute atomic E-state index is 0.161. The molecule has 0 bridgehead atoms. The average Bonchev–Trinajstić information content (AvgIpc) is 2.68. The number of carbonyl (C=O) groups excluding carboxylic acids is 1. The molecule has 106 valence electrons. The highest BCUT2D eigenvalue weighted by Crippen LogP contribution is 2.22. The molecule has 1 aromatic carbocycles. The number of benzene rings is 1. The van der Waals surface area contributed by atoms with Gasteiger partial charge in [0.25, 0.3) is 0 Å². The Balaban J connectivity index is 2.11. The number of anilines is 1. The van der Waals surface area contributed by atoms with Gasteiger partial charge in [0, 0.05) is 16.9 Å². The van der Waals surface area contributed by atoms with Crippen LogP contribution in [0.25, 0.3) is 0 Å². The van der Waals surface area contributed by atoms with Gasteiger partial charge in [-0.3, -0.25) is 9.48 Å². The van der Waals surface area contributed by atoms with Crippen molar-refractivity contribution in [1.29, 1.82) is 0 Å². The minimum atomic E-state index is -0.625. The highest BCUT2D eigenvalue weighted by atomic mass is 16.3. The number of hydrogen-bond donors (Lipinski definition) is 2. The van der Waals surface area contributed by atoms with E-state index in [2.05, 4.69) is 10.4 Å². The Morgan fingerprint density at radius 2 is 2.10 bits per heavy atom. The highest BCUT2D eigenvalue weighted by molar-refractivity contribution is 5.91. The van der Waals surface area contributed by atoms with Gasteiger partial charge in [-0.2, -0.15) is 5.10 Å². The van der Waals surface area contributed by atoms with Crippen LogP contribution in [0.3, 0.4) is 0 Å². The maximum absolute atomic E-state index is 12.1. The van der Waals surface area contributed by atoms with Crippen molar-refractivity contribution in [3.63, 3.8) is 0 Å². The number of aliphatic hydroxyl groups excluding tert-OH is 1. The van der Waals surface area contributed by atoms with Crippen LogP contribution in [0.15, 0.2) is 30.3 Å². The summed E-state index contributed by atoms with van der Waals surface area (Å²) in [7, 11) is 0. The van der Waals surface area contributed by atoms with Crippen molar-refractivity contribution in [1.82, 2.24) is 9.78 Å². The summed E-state index contributed by atoms with van der Waals surface area (Å²) in [6.07, 6.45) is -0.625. The van der Waals surface area contributed by atoms with Gasteiger partial charge in [0.05, 0.1) is 11.8 Å². The lowest BCUT2D eigenvalue weighted by Gasteiger charge is -2.13. The van der Waals surface area contributed by atoms with E-state index >= 15 is 0 Å². The summed E-state index contributed by atoms with van der Waals surface area (Å²) >= 11 is 0. The third-order valence-corrected chi connectivity index (χ3v) is 3.08. The standard InChI is InChI=1S/C15H19N3O2/c1-10-8-11(2)18(17-10)9-15(20)16-14-7-5-4-6-13(14)12(3)19/h4-8,12,19H,9H2,1-3H3,(H,16,20). The van der Waals surface area contributed by atoms with Crippen molar-refractivity contribution < 1.29 is 9.90 Å². The van der Waals surface area contributed by atoms with Crippen LogP contribution in [0.2, 0.25) is 0 Å². The first-order valence-electron chi connectivity index (χ1n) is 6.55. The number of nitrogens with one attached hydrogen (secondary N) is 1. The molecule has 1 aromatic heterocycles. The van der Waals surface area contributed by atoms with E-state index in [1.807, 2.05) is 32.0 Å². The van der Waals surface area contributed by atoms with Gasteiger partial charge in [0.1, 0.15) is 6.54 Å². The largest absolute Gasteiger partial charge is 0.389 e. The van der Waals surface area contributed by atoms with Crippen LogP contribution in [-0.4, -0.2) is 20.8 Å². The Kier molecular flexibility index (Phi) is 4.20. The zero-order valence-electron chi connectivity index (χ0n) is 11.9. The zero-order chi connectivity index (χ0) is 14.7. The molecule has 0 spiro atoms. The fourth-order valence-electron chi connectivity index (χ4n) is 2.14. The van der Waals surface area contributed by atoms with E-state index in [0.717, 1.165) is 11.4 Å². The molecule has 0 radical (unpaired) electrons. The lowest BCUT2D eigenvalue weighted by molar-refractivity contribution is -0.116. The summed E-state index contributed by atoms with van der Waals surface area (Å²) in [4.78, 5) is 12.1. The number of rotatable bonds is 4. The summed E-state index contributed by atoms with van der Waals surface area (Å²) in [5.74, 6) is -0.163. The van der Waals surface area contributed by atoms with Crippen LogP contribution in [0, 0.1) is 13.8 Å². The molecule has 20 heavy (non-hydrogen) atoms. The third-order valence-electron chi connectivity index (χ3n) is 3.08. The molecule has 0 saturated carbocycles. The Morgan fingerprint density at radius 3 is 2.70 bits per heavy atom. The molecule has 2 N–H and O–H groups in total. The fourth-order valence-corrected chi connectivity index (χ4v) is 2.14. The van der Waals surface area contributed by atoms with E-state index < -0.39 is 6.10 Å². The number of aliphatic hydroxyl groups is 1. The Hall–Kier alpha value is -2.14. The quantitative estimate of drug-likeness (QED) is 0.897. The molecule has 2 aromatic rings. The second-order valence-electron chi connectivity index (χ2n) is 4.90. The van der Waals surface area contributed by atoms with Gasteiger partial charge < -0.3 is 10.4 Å². The Labute approximate surface area is 118 Å². The van der Waals surface area contributed by atoms with E-state index in [4.69, 9.17) is 0 Å². The molecular weight excluding hydrogens is 254 g/mol. The summed E-state index contributed by atoms with van der Waals surface area (Å²) < 4.78 is 1.66. The summed E-state index contributed by atoms with van der Waals surface area (Å²) in [5, 5.41) is 16.8. The van der Waals surface area contributed by atoms with Crippen LogP contribution in [0.4, 0.5) is 5.69 Å². The number of carbonyl (C=O) groups is 1. The van der Waals surface area contributed by atoms with Crippen LogP contribution >= 0.6 is 0 Å². The van der Waals surface area contributed by atoms with E-state index in [-0.39, 0.29) is 12.5 Å². The van der Waals surface area contributed by atoms with Crippen molar-refractivity contribution in [2.24, 2.45) is 0 Å². The highest BCUT2D eigenvalue weighted by Gasteiger charge is 2.11. The number of aryl methyl sites for hydroxylation is 2. The maximum atomic E-state index is 12.1. The van der Waals surface area contributed by atoms with Crippen molar-refractivity contribution in [3.8, 4) is 0 Å². The lowest BCUT2D eigenvalue weighted by Crippen LogP contribution is -2.21. The summed E-state index contributed by atoms with van der Waals surface area (Å²) in [6, 6.07) is 9.16. The Bertz CT molecular complexity index is 617. The second-order valence-corrected chi connectivity index (χ2v) is 4.90. The predicted octanol–water partition coefficient (Wildman–Crippen LogP) is 2.19. The van der Waals surface area contributed by atoms with Gasteiger partial charge in [-0.15, -0.1) is 0 Å². The molecular formula is C15H19N3O2. The molecule has 5 nitrogen and oxygen atoms in total. The van der Waals surface area contributed by atoms with Crippen molar-refractivity contribution in [2.75, 3.05) is 5.32 Å². The first kappa shape index (κ1) is 14.3. The molecule has 1 atom stereocenters. The first-order chi connectivity index (χ1) is 9.47. The normalized spacial score (nSPS) is 12.2. The maximum Gasteiger partial charge on any atom is 0.246 e. The zero-order valence-corrected chi connectivity index (χ0v) is 11.9. The minimum Gasteiger partial charge on any atom is -0.389 e. The fraction of sp³-hybridized carbons (Fsp3) is 0.333. The van der Waals surface area contributed by atoms with Crippen LogP contribution < -0.4 is 5.32 Å². The molecule has 0 saturated heterocycles. The monoisotopic (exact) mass is 273 g/mol. The van der Waals surface area contributed by atoms with E-state index in [9.17, 15) is 9.90 Å². The molecule has 0 fully saturated rings. The third kappa shape index (κ3) is 3.24. The SMILES string of the molecule is Cc1cc(C)n(CC(=O)Nc2ccccc2C(C)O)n1. The van der Waals surface area contributed by atoms with E-state index in [1.165, 1.54) is 0 Å². The molecule has 0 aliphatic carbocycles. The van der Waals surface area contributed by atoms with Gasteiger partial charge in [-0.05, 0) is 32.9 Å². The van der Waals surface area contributed by atoms with Crippen molar-refractivity contribution in [3.05, 3.63) is 47.3 Å². The van der Waals surface area contributed by atoms with Crippen LogP contribution in [-0.2, 0) is 11.3 Å². The number of nitrogens with zero attached hydrogens (tertiary/aromatic N) is 2. The van der Waals surface area contributed by atoms with Crippen molar-refractivity contribution >= 4 is 11.6 Å².